The number of methoxy groups -OCH3 is 1. The van der Waals surface area contributed by atoms with Gasteiger partial charge in [0.25, 0.3) is 0 Å². The predicted molar refractivity (Wildman–Crippen MR) is 97.8 cm³/mol. The minimum atomic E-state index is 0.0505. The number of aryl methyl sites for hydroxylation is 1. The first kappa shape index (κ1) is 18.7. The van der Waals surface area contributed by atoms with Gasteiger partial charge in [0.15, 0.2) is 0 Å². The molecule has 2 aromatic rings. The van der Waals surface area contributed by atoms with Crippen LogP contribution >= 0.6 is 11.8 Å². The molecule has 0 N–H and O–H groups in total. The molecule has 140 valence electrons. The molecule has 26 heavy (non-hydrogen) atoms. The Kier molecular flexibility index (Phi) is 5.77. The first-order valence-corrected chi connectivity index (χ1v) is 9.46. The van der Waals surface area contributed by atoms with Crippen LogP contribution in [0.2, 0.25) is 0 Å². The van der Waals surface area contributed by atoms with Crippen LogP contribution in [0.3, 0.4) is 0 Å². The van der Waals surface area contributed by atoms with E-state index >= 15 is 0 Å². The summed E-state index contributed by atoms with van der Waals surface area (Å²) in [6, 6.07) is 5.79. The van der Waals surface area contributed by atoms with Crippen LogP contribution in [0.5, 0.6) is 5.75 Å². The van der Waals surface area contributed by atoms with Crippen molar-refractivity contribution in [1.29, 1.82) is 0 Å². The van der Waals surface area contributed by atoms with Gasteiger partial charge in [-0.25, -0.2) is 0 Å². The minimum Gasteiger partial charge on any atom is -0.494 e. The fourth-order valence-electron chi connectivity index (χ4n) is 2.98. The van der Waals surface area contributed by atoms with E-state index in [4.69, 9.17) is 9.47 Å². The van der Waals surface area contributed by atoms with E-state index in [2.05, 4.69) is 15.5 Å². The molecule has 0 saturated carbocycles. The lowest BCUT2D eigenvalue weighted by Gasteiger charge is -2.35. The molecule has 2 heterocycles. The van der Waals surface area contributed by atoms with E-state index in [0.29, 0.717) is 24.0 Å². The van der Waals surface area contributed by atoms with Crippen molar-refractivity contribution in [3.8, 4) is 11.4 Å². The Bertz CT molecular complexity index is 772. The van der Waals surface area contributed by atoms with Gasteiger partial charge in [-0.15, -0.1) is 5.10 Å². The van der Waals surface area contributed by atoms with Crippen molar-refractivity contribution in [1.82, 2.24) is 25.1 Å². The van der Waals surface area contributed by atoms with Gasteiger partial charge < -0.3 is 14.4 Å². The molecule has 0 unspecified atom stereocenters. The second kappa shape index (κ2) is 8.05. The van der Waals surface area contributed by atoms with Gasteiger partial charge in [0.1, 0.15) is 11.4 Å². The van der Waals surface area contributed by atoms with Gasteiger partial charge in [-0.05, 0) is 48.9 Å². The second-order valence-electron chi connectivity index (χ2n) is 6.39. The topological polar surface area (TPSA) is 82.4 Å². The van der Waals surface area contributed by atoms with Crippen molar-refractivity contribution in [2.75, 3.05) is 26.0 Å². The van der Waals surface area contributed by atoms with Gasteiger partial charge in [-0.3, -0.25) is 4.79 Å². The molecule has 0 spiro atoms. The van der Waals surface area contributed by atoms with Crippen LogP contribution in [0.4, 0.5) is 0 Å². The smallest absolute Gasteiger partial charge is 0.233 e. The summed E-state index contributed by atoms with van der Waals surface area (Å²) in [5.41, 5.74) is 1.82. The summed E-state index contributed by atoms with van der Waals surface area (Å²) in [5, 5.41) is 12.4. The second-order valence-corrected chi connectivity index (χ2v) is 7.34. The largest absolute Gasteiger partial charge is 0.494 e. The number of ether oxygens (including phenoxy) is 2. The molecule has 1 aliphatic heterocycles. The van der Waals surface area contributed by atoms with Gasteiger partial charge in [0.05, 0.1) is 25.1 Å². The maximum absolute atomic E-state index is 12.6. The van der Waals surface area contributed by atoms with E-state index in [0.717, 1.165) is 11.3 Å². The minimum absolute atomic E-state index is 0.0505. The van der Waals surface area contributed by atoms with E-state index in [1.165, 1.54) is 11.8 Å². The molecule has 9 heteroatoms. The fraction of sp³-hybridized carbons (Fsp3) is 0.529. The quantitative estimate of drug-likeness (QED) is 0.734. The first-order chi connectivity index (χ1) is 12.5. The van der Waals surface area contributed by atoms with E-state index in [1.54, 1.807) is 11.8 Å². The summed E-state index contributed by atoms with van der Waals surface area (Å²) in [5.74, 6) is 1.00. The van der Waals surface area contributed by atoms with Crippen LogP contribution in [-0.2, 0) is 9.53 Å². The van der Waals surface area contributed by atoms with E-state index < -0.39 is 0 Å². The number of amides is 1. The van der Waals surface area contributed by atoms with Crippen LogP contribution in [0, 0.1) is 6.92 Å². The average molecular weight is 377 g/mol. The summed E-state index contributed by atoms with van der Waals surface area (Å²) >= 11 is 1.32. The number of hydrogen-bond acceptors (Lipinski definition) is 7. The third-order valence-electron chi connectivity index (χ3n) is 4.10. The summed E-state index contributed by atoms with van der Waals surface area (Å²) in [6.45, 7) is 7.17. The lowest BCUT2D eigenvalue weighted by molar-refractivity contribution is -0.140. The highest BCUT2D eigenvalue weighted by molar-refractivity contribution is 7.99. The number of carbonyl (C=O) groups excluding carboxylic acids is 1. The molecule has 3 rings (SSSR count). The monoisotopic (exact) mass is 377 g/mol. The molecule has 2 atom stereocenters. The van der Waals surface area contributed by atoms with Gasteiger partial charge in [0, 0.05) is 13.1 Å². The molecule has 0 bridgehead atoms. The van der Waals surface area contributed by atoms with Crippen molar-refractivity contribution >= 4 is 17.7 Å². The summed E-state index contributed by atoms with van der Waals surface area (Å²) in [6.07, 6.45) is 0.101. The number of morpholine rings is 1. The SMILES string of the molecule is COc1ccc(C)cc1-n1nnnc1SCC(=O)N1C[C@@H](C)O[C@H](C)C1. The number of rotatable bonds is 5. The molecular weight excluding hydrogens is 354 g/mol. The molecule has 1 aromatic heterocycles. The number of tetrazole rings is 1. The van der Waals surface area contributed by atoms with Crippen LogP contribution in [0.25, 0.3) is 5.69 Å². The van der Waals surface area contributed by atoms with E-state index in [1.807, 2.05) is 43.9 Å². The highest BCUT2D eigenvalue weighted by Gasteiger charge is 2.26. The molecule has 0 aliphatic carbocycles. The zero-order valence-corrected chi connectivity index (χ0v) is 16.2. The molecule has 1 aliphatic rings. The third-order valence-corrected chi connectivity index (χ3v) is 5.00. The van der Waals surface area contributed by atoms with Crippen molar-refractivity contribution in [3.05, 3.63) is 23.8 Å². The van der Waals surface area contributed by atoms with Gasteiger partial charge >= 0.3 is 0 Å². The van der Waals surface area contributed by atoms with Gasteiger partial charge in [-0.1, -0.05) is 17.8 Å². The maximum Gasteiger partial charge on any atom is 0.233 e. The lowest BCUT2D eigenvalue weighted by atomic mass is 10.2. The molecule has 1 amide bonds. The molecule has 8 nitrogen and oxygen atoms in total. The van der Waals surface area contributed by atoms with Crippen LogP contribution in [-0.4, -0.2) is 69.2 Å². The van der Waals surface area contributed by atoms with Gasteiger partial charge in [0.2, 0.25) is 11.1 Å². The Morgan fingerprint density at radius 2 is 2.08 bits per heavy atom. The van der Waals surface area contributed by atoms with Crippen LogP contribution in [0.1, 0.15) is 19.4 Å². The predicted octanol–water partition coefficient (Wildman–Crippen LogP) is 1.71. The first-order valence-electron chi connectivity index (χ1n) is 8.47. The van der Waals surface area contributed by atoms with Crippen LogP contribution in [0.15, 0.2) is 23.4 Å². The van der Waals surface area contributed by atoms with Crippen molar-refractivity contribution < 1.29 is 14.3 Å². The van der Waals surface area contributed by atoms with E-state index in [9.17, 15) is 4.79 Å². The van der Waals surface area contributed by atoms with E-state index in [-0.39, 0.29) is 23.9 Å². The molecule has 0 radical (unpaired) electrons. The number of hydrogen-bond donors (Lipinski definition) is 0. The molecule has 1 aromatic carbocycles. The summed E-state index contributed by atoms with van der Waals surface area (Å²) < 4.78 is 12.7. The zero-order chi connectivity index (χ0) is 18.7. The Balaban J connectivity index is 1.72. The highest BCUT2D eigenvalue weighted by atomic mass is 32.2. The molecule has 1 saturated heterocycles. The number of benzene rings is 1. The van der Waals surface area contributed by atoms with Crippen molar-refractivity contribution in [2.24, 2.45) is 0 Å². The number of thioether (sulfide) groups is 1. The normalized spacial score (nSPS) is 20.2. The van der Waals surface area contributed by atoms with Crippen LogP contribution < -0.4 is 4.74 Å². The Morgan fingerprint density at radius 1 is 1.35 bits per heavy atom. The molecular formula is C17H23N5O3S. The fourth-order valence-corrected chi connectivity index (χ4v) is 3.77. The number of nitrogens with zero attached hydrogens (tertiary/aromatic N) is 5. The Hall–Kier alpha value is -2.13. The average Bonchev–Trinajstić information content (AvgIpc) is 3.07. The van der Waals surface area contributed by atoms with Gasteiger partial charge in [-0.2, -0.15) is 4.68 Å². The Morgan fingerprint density at radius 3 is 2.77 bits per heavy atom. The third kappa shape index (κ3) is 4.16. The summed E-state index contributed by atoms with van der Waals surface area (Å²) in [7, 11) is 1.61. The maximum atomic E-state index is 12.6. The molecule has 1 fully saturated rings. The Labute approximate surface area is 156 Å². The van der Waals surface area contributed by atoms with Crippen molar-refractivity contribution in [2.45, 2.75) is 38.1 Å². The lowest BCUT2D eigenvalue weighted by Crippen LogP contribution is -2.48. The highest BCUT2D eigenvalue weighted by Crippen LogP contribution is 2.27. The number of carbonyl (C=O) groups is 1. The zero-order valence-electron chi connectivity index (χ0n) is 15.4. The summed E-state index contributed by atoms with van der Waals surface area (Å²) in [4.78, 5) is 14.4. The standard InChI is InChI=1S/C17H23N5O3S/c1-11-5-6-15(24-4)14(7-11)22-17(18-19-20-22)26-10-16(23)21-8-12(2)25-13(3)9-21/h5-7,12-13H,8-10H2,1-4H3/t12-,13-/m1/s1. The number of aromatic nitrogens is 4. The van der Waals surface area contributed by atoms with Crippen molar-refractivity contribution in [3.63, 3.8) is 0 Å².